The van der Waals surface area contributed by atoms with Gasteiger partial charge in [0.25, 0.3) is 5.91 Å². The maximum Gasteiger partial charge on any atom is 0.256 e. The molecule has 2 aromatic heterocycles. The van der Waals surface area contributed by atoms with Gasteiger partial charge in [0, 0.05) is 22.2 Å². The Kier molecular flexibility index (Phi) is 5.47. The Balaban J connectivity index is 1.53. The number of fused-ring (bicyclic) bond motifs is 1. The van der Waals surface area contributed by atoms with Crippen LogP contribution in [0.4, 0.5) is 10.8 Å². The largest absolute Gasteiger partial charge is 0.454 e. The van der Waals surface area contributed by atoms with E-state index in [2.05, 4.69) is 21.7 Å². The van der Waals surface area contributed by atoms with Gasteiger partial charge in [-0.15, -0.1) is 11.3 Å². The molecule has 1 aliphatic heterocycles. The summed E-state index contributed by atoms with van der Waals surface area (Å²) in [5.41, 5.74) is 2.55. The first kappa shape index (κ1) is 20.1. The lowest BCUT2D eigenvalue weighted by atomic mass is 9.99. The van der Waals surface area contributed by atoms with Gasteiger partial charge in [-0.1, -0.05) is 30.3 Å². The summed E-state index contributed by atoms with van der Waals surface area (Å²) in [5.74, 6) is 2.02. The number of thiophene rings is 1. The maximum atomic E-state index is 12.9. The first-order valence-corrected chi connectivity index (χ1v) is 11.0. The van der Waals surface area contributed by atoms with Crippen LogP contribution in [0.2, 0.25) is 0 Å². The number of benzene rings is 2. The summed E-state index contributed by atoms with van der Waals surface area (Å²) in [6, 6.07) is 22.7. The van der Waals surface area contributed by atoms with Gasteiger partial charge in [-0.3, -0.25) is 4.79 Å². The molecule has 1 aliphatic rings. The van der Waals surface area contributed by atoms with Crippen molar-refractivity contribution in [3.8, 4) is 11.5 Å². The number of aryl methyl sites for hydroxylation is 1. The zero-order valence-electron chi connectivity index (χ0n) is 17.4. The van der Waals surface area contributed by atoms with Crippen LogP contribution in [-0.4, -0.2) is 17.7 Å². The van der Waals surface area contributed by atoms with Crippen LogP contribution in [0.3, 0.4) is 0 Å². The lowest BCUT2D eigenvalue weighted by Crippen LogP contribution is -2.17. The van der Waals surface area contributed by atoms with E-state index < -0.39 is 0 Å². The van der Waals surface area contributed by atoms with E-state index in [1.54, 1.807) is 29.7 Å². The van der Waals surface area contributed by atoms with Crippen molar-refractivity contribution in [1.29, 1.82) is 0 Å². The molecule has 0 radical (unpaired) electrons. The van der Waals surface area contributed by atoms with Crippen molar-refractivity contribution in [3.63, 3.8) is 0 Å². The van der Waals surface area contributed by atoms with E-state index in [1.165, 1.54) is 0 Å². The maximum absolute atomic E-state index is 12.9. The Morgan fingerprint density at radius 2 is 1.81 bits per heavy atom. The Labute approximate surface area is 189 Å². The van der Waals surface area contributed by atoms with Crippen LogP contribution in [0, 0.1) is 6.92 Å². The number of carbonyl (C=O) groups is 1. The molecule has 1 amide bonds. The van der Waals surface area contributed by atoms with Gasteiger partial charge < -0.3 is 20.1 Å². The first-order chi connectivity index (χ1) is 15.7. The van der Waals surface area contributed by atoms with Gasteiger partial charge in [0.05, 0.1) is 6.04 Å². The van der Waals surface area contributed by atoms with E-state index in [1.807, 2.05) is 61.5 Å². The number of hydrogen-bond donors (Lipinski definition) is 2. The minimum Gasteiger partial charge on any atom is -0.454 e. The van der Waals surface area contributed by atoms with E-state index in [0.717, 1.165) is 32.6 Å². The molecular weight excluding hydrogens is 422 g/mol. The standard InChI is InChI=1S/C25H21N3O3S/c1-16-13-19(25(32-16)28-24(29)17-7-3-2-4-8-17)23(27-22-9-5-6-12-26-22)18-10-11-20-21(14-18)31-15-30-20/h2-14,23H,15H2,1H3,(H,26,27)(H,28,29)/t23-/m0/s1. The molecule has 0 fully saturated rings. The van der Waals surface area contributed by atoms with Gasteiger partial charge in [-0.05, 0) is 55.0 Å². The molecule has 0 saturated carbocycles. The van der Waals surface area contributed by atoms with Crippen molar-refractivity contribution >= 4 is 28.1 Å². The number of aromatic nitrogens is 1. The molecular formula is C25H21N3O3S. The summed E-state index contributed by atoms with van der Waals surface area (Å²) >= 11 is 1.55. The fourth-order valence-electron chi connectivity index (χ4n) is 3.64. The summed E-state index contributed by atoms with van der Waals surface area (Å²) in [7, 11) is 0. The van der Waals surface area contributed by atoms with Crippen LogP contribution in [0.5, 0.6) is 11.5 Å². The smallest absolute Gasteiger partial charge is 0.256 e. The van der Waals surface area contributed by atoms with E-state index in [-0.39, 0.29) is 18.7 Å². The van der Waals surface area contributed by atoms with Crippen LogP contribution >= 0.6 is 11.3 Å². The Morgan fingerprint density at radius 1 is 1.00 bits per heavy atom. The summed E-state index contributed by atoms with van der Waals surface area (Å²) in [4.78, 5) is 18.4. The summed E-state index contributed by atoms with van der Waals surface area (Å²) in [6.07, 6.45) is 1.75. The Bertz CT molecular complexity index is 1240. The highest BCUT2D eigenvalue weighted by Crippen LogP contribution is 2.41. The summed E-state index contributed by atoms with van der Waals surface area (Å²) in [6.45, 7) is 2.25. The third kappa shape index (κ3) is 4.15. The molecule has 1 atom stereocenters. The lowest BCUT2D eigenvalue weighted by Gasteiger charge is -2.21. The Hall–Kier alpha value is -3.84. The van der Waals surface area contributed by atoms with Gasteiger partial charge in [0.2, 0.25) is 6.79 Å². The number of hydrogen-bond acceptors (Lipinski definition) is 6. The van der Waals surface area contributed by atoms with Crippen molar-refractivity contribution in [1.82, 2.24) is 4.98 Å². The number of ether oxygens (including phenoxy) is 2. The molecule has 0 aliphatic carbocycles. The number of carbonyl (C=O) groups excluding carboxylic acids is 1. The van der Waals surface area contributed by atoms with Crippen molar-refractivity contribution in [2.45, 2.75) is 13.0 Å². The van der Waals surface area contributed by atoms with Gasteiger partial charge >= 0.3 is 0 Å². The quantitative estimate of drug-likeness (QED) is 0.404. The second kappa shape index (κ2) is 8.72. The first-order valence-electron chi connectivity index (χ1n) is 10.2. The molecule has 4 aromatic rings. The molecule has 3 heterocycles. The number of amides is 1. The minimum absolute atomic E-state index is 0.143. The molecule has 0 unspecified atom stereocenters. The number of anilines is 2. The van der Waals surface area contributed by atoms with Crippen LogP contribution in [0.15, 0.2) is 79.0 Å². The lowest BCUT2D eigenvalue weighted by molar-refractivity contribution is 0.102. The number of pyridine rings is 1. The fourth-order valence-corrected chi connectivity index (χ4v) is 4.59. The predicted molar refractivity (Wildman–Crippen MR) is 126 cm³/mol. The average molecular weight is 444 g/mol. The number of nitrogens with zero attached hydrogens (tertiary/aromatic N) is 1. The molecule has 160 valence electrons. The number of rotatable bonds is 6. The van der Waals surface area contributed by atoms with Crippen molar-refractivity contribution in [2.24, 2.45) is 0 Å². The van der Waals surface area contributed by atoms with Gasteiger partial charge in [-0.25, -0.2) is 4.98 Å². The zero-order valence-corrected chi connectivity index (χ0v) is 18.2. The van der Waals surface area contributed by atoms with Crippen LogP contribution < -0.4 is 20.1 Å². The highest BCUT2D eigenvalue weighted by molar-refractivity contribution is 7.16. The number of nitrogens with one attached hydrogen (secondary N) is 2. The summed E-state index contributed by atoms with van der Waals surface area (Å²) in [5, 5.41) is 7.41. The topological polar surface area (TPSA) is 72.5 Å². The van der Waals surface area contributed by atoms with E-state index in [4.69, 9.17) is 9.47 Å². The van der Waals surface area contributed by atoms with E-state index in [9.17, 15) is 4.79 Å². The highest BCUT2D eigenvalue weighted by Gasteiger charge is 2.24. The Morgan fingerprint density at radius 3 is 2.62 bits per heavy atom. The summed E-state index contributed by atoms with van der Waals surface area (Å²) < 4.78 is 11.1. The van der Waals surface area contributed by atoms with Gasteiger partial charge in [0.15, 0.2) is 11.5 Å². The fraction of sp³-hybridized carbons (Fsp3) is 0.120. The highest BCUT2D eigenvalue weighted by atomic mass is 32.1. The molecule has 6 nitrogen and oxygen atoms in total. The molecule has 0 bridgehead atoms. The average Bonchev–Trinajstić information content (AvgIpc) is 3.44. The SMILES string of the molecule is Cc1cc([C@@H](Nc2ccccn2)c2ccc3c(c2)OCO3)c(NC(=O)c2ccccc2)s1. The molecule has 7 heteroatoms. The van der Waals surface area contributed by atoms with Gasteiger partial charge in [0.1, 0.15) is 10.8 Å². The third-order valence-electron chi connectivity index (χ3n) is 5.15. The third-order valence-corrected chi connectivity index (χ3v) is 6.13. The van der Waals surface area contributed by atoms with Gasteiger partial charge in [-0.2, -0.15) is 0 Å². The van der Waals surface area contributed by atoms with E-state index in [0.29, 0.717) is 11.3 Å². The molecule has 2 N–H and O–H groups in total. The predicted octanol–water partition coefficient (Wildman–Crippen LogP) is 5.63. The molecule has 2 aromatic carbocycles. The molecule has 0 spiro atoms. The molecule has 32 heavy (non-hydrogen) atoms. The van der Waals surface area contributed by atoms with Crippen LogP contribution in [0.1, 0.15) is 32.4 Å². The van der Waals surface area contributed by atoms with Crippen molar-refractivity contribution in [3.05, 3.63) is 101 Å². The molecule has 0 saturated heterocycles. The van der Waals surface area contributed by atoms with E-state index >= 15 is 0 Å². The van der Waals surface area contributed by atoms with Crippen LogP contribution in [-0.2, 0) is 0 Å². The minimum atomic E-state index is -0.254. The van der Waals surface area contributed by atoms with Crippen molar-refractivity contribution < 1.29 is 14.3 Å². The zero-order chi connectivity index (χ0) is 21.9. The van der Waals surface area contributed by atoms with Crippen LogP contribution in [0.25, 0.3) is 0 Å². The monoisotopic (exact) mass is 443 g/mol. The second-order valence-corrected chi connectivity index (χ2v) is 8.62. The van der Waals surface area contributed by atoms with Crippen molar-refractivity contribution in [2.75, 3.05) is 17.4 Å². The second-order valence-electron chi connectivity index (χ2n) is 7.37. The molecule has 5 rings (SSSR count). The normalized spacial score (nSPS) is 12.9.